The lowest BCUT2D eigenvalue weighted by Gasteiger charge is -2.32. The van der Waals surface area contributed by atoms with Crippen LogP contribution in [0.15, 0.2) is 30.3 Å². The van der Waals surface area contributed by atoms with Crippen molar-refractivity contribution in [3.05, 3.63) is 41.8 Å². The summed E-state index contributed by atoms with van der Waals surface area (Å²) in [6, 6.07) is 8.22. The van der Waals surface area contributed by atoms with Crippen LogP contribution in [0.3, 0.4) is 0 Å². The van der Waals surface area contributed by atoms with Crippen molar-refractivity contribution >= 4 is 6.03 Å². The van der Waals surface area contributed by atoms with E-state index >= 15 is 0 Å². The molecule has 0 radical (unpaired) electrons. The number of aromatic amines is 1. The Balaban J connectivity index is 1.63. The van der Waals surface area contributed by atoms with Crippen molar-refractivity contribution in [3.63, 3.8) is 0 Å². The predicted octanol–water partition coefficient (Wildman–Crippen LogP) is 2.75. The maximum atomic E-state index is 13.0. The molecule has 1 aromatic carbocycles. The average molecular weight is 346 g/mol. The number of urea groups is 1. The van der Waals surface area contributed by atoms with Crippen LogP contribution in [0, 0.1) is 5.82 Å². The Morgan fingerprint density at radius 2 is 2.24 bits per heavy atom. The number of halogens is 1. The topological polar surface area (TPSA) is 70.2 Å². The van der Waals surface area contributed by atoms with E-state index in [1.165, 1.54) is 12.1 Å². The van der Waals surface area contributed by atoms with Crippen molar-refractivity contribution in [2.75, 3.05) is 33.4 Å². The number of carbonyl (C=O) groups is 1. The first-order valence-electron chi connectivity index (χ1n) is 8.50. The molecule has 0 spiro atoms. The lowest BCUT2D eigenvalue weighted by Crippen LogP contribution is -2.45. The zero-order valence-electron chi connectivity index (χ0n) is 14.3. The van der Waals surface area contributed by atoms with E-state index in [2.05, 4.69) is 15.5 Å². The third kappa shape index (κ3) is 4.36. The Labute approximate surface area is 146 Å². The Morgan fingerprint density at radius 3 is 3.00 bits per heavy atom. The molecule has 2 amide bonds. The van der Waals surface area contributed by atoms with Crippen molar-refractivity contribution in [3.8, 4) is 11.3 Å². The molecule has 7 heteroatoms. The molecule has 2 aromatic rings. The van der Waals surface area contributed by atoms with Crippen LogP contribution in [0.4, 0.5) is 9.18 Å². The minimum absolute atomic E-state index is 0.0555. The van der Waals surface area contributed by atoms with Crippen molar-refractivity contribution in [1.82, 2.24) is 20.4 Å². The van der Waals surface area contributed by atoms with E-state index in [9.17, 15) is 9.18 Å². The second-order valence-electron chi connectivity index (χ2n) is 6.23. The summed E-state index contributed by atoms with van der Waals surface area (Å²) >= 11 is 0. The molecule has 1 aromatic heterocycles. The number of likely N-dealkylation sites (tertiary alicyclic amines) is 1. The molecule has 3 rings (SSSR count). The number of carbonyl (C=O) groups excluding carboxylic acids is 1. The summed E-state index contributed by atoms with van der Waals surface area (Å²) in [5.74, 6) is -0.0365. The lowest BCUT2D eigenvalue weighted by molar-refractivity contribution is 0.167. The first-order chi connectivity index (χ1) is 12.2. The van der Waals surface area contributed by atoms with E-state index in [1.807, 2.05) is 11.0 Å². The number of rotatable bonds is 5. The monoisotopic (exact) mass is 346 g/mol. The Morgan fingerprint density at radius 1 is 1.44 bits per heavy atom. The number of hydrogen-bond donors (Lipinski definition) is 2. The highest BCUT2D eigenvalue weighted by Gasteiger charge is 2.26. The molecule has 1 aliphatic heterocycles. The van der Waals surface area contributed by atoms with Gasteiger partial charge in [-0.05, 0) is 43.2 Å². The molecule has 0 unspecified atom stereocenters. The van der Waals surface area contributed by atoms with Crippen molar-refractivity contribution < 1.29 is 13.9 Å². The van der Waals surface area contributed by atoms with E-state index in [4.69, 9.17) is 4.74 Å². The Bertz CT molecular complexity index is 701. The largest absolute Gasteiger partial charge is 0.383 e. The summed E-state index contributed by atoms with van der Waals surface area (Å²) in [6.07, 6.45) is 1.96. The number of nitrogens with one attached hydrogen (secondary N) is 2. The molecule has 2 N–H and O–H groups in total. The number of amides is 2. The highest BCUT2D eigenvalue weighted by Crippen LogP contribution is 2.28. The summed E-state index contributed by atoms with van der Waals surface area (Å²) in [5, 5.41) is 10.3. The number of aromatic nitrogens is 2. The fourth-order valence-corrected chi connectivity index (χ4v) is 3.10. The van der Waals surface area contributed by atoms with Gasteiger partial charge in [0.05, 0.1) is 12.3 Å². The summed E-state index contributed by atoms with van der Waals surface area (Å²) in [5.41, 5.74) is 2.67. The molecule has 1 atom stereocenters. The van der Waals surface area contributed by atoms with Crippen LogP contribution in [0.5, 0.6) is 0 Å². The first kappa shape index (κ1) is 17.4. The van der Waals surface area contributed by atoms with Gasteiger partial charge in [-0.1, -0.05) is 0 Å². The van der Waals surface area contributed by atoms with Crippen LogP contribution in [0.1, 0.15) is 24.5 Å². The van der Waals surface area contributed by atoms with Gasteiger partial charge < -0.3 is 15.0 Å². The fourth-order valence-electron chi connectivity index (χ4n) is 3.10. The summed E-state index contributed by atoms with van der Waals surface area (Å²) in [6.45, 7) is 2.43. The SMILES string of the molecule is COCCNC(=O)N1CCC[C@H](c2cc(-c3ccc(F)cc3)n[nH]2)C1. The van der Waals surface area contributed by atoms with Gasteiger partial charge in [0.15, 0.2) is 0 Å². The standard InChI is InChI=1S/C18H23FN4O2/c1-25-10-8-20-18(24)23-9-2-3-14(12-23)17-11-16(21-22-17)13-4-6-15(19)7-5-13/h4-7,11,14H,2-3,8-10,12H2,1H3,(H,20,24)(H,21,22)/t14-/m0/s1. The molecule has 2 heterocycles. The third-order valence-electron chi connectivity index (χ3n) is 4.47. The molecule has 1 aliphatic rings. The maximum Gasteiger partial charge on any atom is 0.317 e. The number of piperidine rings is 1. The molecule has 25 heavy (non-hydrogen) atoms. The average Bonchev–Trinajstić information content (AvgIpc) is 3.13. The normalized spacial score (nSPS) is 17.5. The second-order valence-corrected chi connectivity index (χ2v) is 6.23. The number of benzene rings is 1. The van der Waals surface area contributed by atoms with E-state index in [0.29, 0.717) is 19.7 Å². The Hall–Kier alpha value is -2.41. The van der Waals surface area contributed by atoms with Crippen LogP contribution in [0.2, 0.25) is 0 Å². The first-order valence-corrected chi connectivity index (χ1v) is 8.50. The summed E-state index contributed by atoms with van der Waals surface area (Å²) < 4.78 is 18.0. The lowest BCUT2D eigenvalue weighted by atomic mass is 9.94. The van der Waals surface area contributed by atoms with Crippen molar-refractivity contribution in [2.24, 2.45) is 0 Å². The van der Waals surface area contributed by atoms with Gasteiger partial charge in [0.2, 0.25) is 0 Å². The minimum Gasteiger partial charge on any atom is -0.383 e. The Kier molecular flexibility index (Phi) is 5.65. The molecule has 6 nitrogen and oxygen atoms in total. The number of methoxy groups -OCH3 is 1. The van der Waals surface area contributed by atoms with E-state index in [1.54, 1.807) is 19.2 Å². The predicted molar refractivity (Wildman–Crippen MR) is 92.8 cm³/mol. The van der Waals surface area contributed by atoms with Gasteiger partial charge in [-0.3, -0.25) is 5.10 Å². The van der Waals surface area contributed by atoms with Gasteiger partial charge in [0.25, 0.3) is 0 Å². The fraction of sp³-hybridized carbons (Fsp3) is 0.444. The highest BCUT2D eigenvalue weighted by molar-refractivity contribution is 5.74. The number of nitrogens with zero attached hydrogens (tertiary/aromatic N) is 2. The van der Waals surface area contributed by atoms with Gasteiger partial charge in [-0.2, -0.15) is 5.10 Å². The number of ether oxygens (including phenoxy) is 1. The van der Waals surface area contributed by atoms with Crippen LogP contribution in [-0.4, -0.2) is 54.5 Å². The van der Waals surface area contributed by atoms with Crippen LogP contribution < -0.4 is 5.32 Å². The van der Waals surface area contributed by atoms with E-state index in [0.717, 1.165) is 36.3 Å². The quantitative estimate of drug-likeness (QED) is 0.818. The molecule has 134 valence electrons. The maximum absolute atomic E-state index is 13.0. The van der Waals surface area contributed by atoms with E-state index in [-0.39, 0.29) is 17.8 Å². The molecular formula is C18H23FN4O2. The summed E-state index contributed by atoms with van der Waals surface area (Å²) in [4.78, 5) is 14.0. The summed E-state index contributed by atoms with van der Waals surface area (Å²) in [7, 11) is 1.61. The van der Waals surface area contributed by atoms with Gasteiger partial charge in [0.1, 0.15) is 5.82 Å². The molecule has 1 fully saturated rings. The smallest absolute Gasteiger partial charge is 0.317 e. The van der Waals surface area contributed by atoms with Gasteiger partial charge in [0, 0.05) is 43.9 Å². The van der Waals surface area contributed by atoms with Crippen molar-refractivity contribution in [2.45, 2.75) is 18.8 Å². The van der Waals surface area contributed by atoms with Gasteiger partial charge >= 0.3 is 6.03 Å². The zero-order chi connectivity index (χ0) is 17.6. The van der Waals surface area contributed by atoms with Gasteiger partial charge in [-0.25, -0.2) is 9.18 Å². The van der Waals surface area contributed by atoms with Crippen LogP contribution in [-0.2, 0) is 4.74 Å². The molecule has 1 saturated heterocycles. The number of hydrogen-bond acceptors (Lipinski definition) is 3. The minimum atomic E-state index is -0.262. The molecular weight excluding hydrogens is 323 g/mol. The van der Waals surface area contributed by atoms with Gasteiger partial charge in [-0.15, -0.1) is 0 Å². The van der Waals surface area contributed by atoms with Crippen LogP contribution in [0.25, 0.3) is 11.3 Å². The van der Waals surface area contributed by atoms with Crippen LogP contribution >= 0.6 is 0 Å². The third-order valence-corrected chi connectivity index (χ3v) is 4.47. The molecule has 0 bridgehead atoms. The highest BCUT2D eigenvalue weighted by atomic mass is 19.1. The second kappa shape index (κ2) is 8.11. The van der Waals surface area contributed by atoms with E-state index < -0.39 is 0 Å². The van der Waals surface area contributed by atoms with Crippen molar-refractivity contribution in [1.29, 1.82) is 0 Å². The molecule has 0 saturated carbocycles. The zero-order valence-corrected chi connectivity index (χ0v) is 14.3. The molecule has 0 aliphatic carbocycles. The number of H-pyrrole nitrogens is 1.